The van der Waals surface area contributed by atoms with Gasteiger partial charge in [0.1, 0.15) is 5.82 Å². The maximum atomic E-state index is 12.8. The molecule has 1 amide bonds. The highest BCUT2D eigenvalue weighted by Gasteiger charge is 2.06. The maximum absolute atomic E-state index is 12.8. The Balaban J connectivity index is 3.22. The van der Waals surface area contributed by atoms with Gasteiger partial charge in [-0.05, 0) is 18.2 Å². The molecule has 0 heterocycles. The van der Waals surface area contributed by atoms with E-state index in [1.54, 1.807) is 0 Å². The standard InChI is InChI=1S/C10H9FN2O/c11-8-3-4-9(10(13)14)7(6-8)2-1-5-12/h3-4,6H,5,12H2,(H2,13,14). The van der Waals surface area contributed by atoms with E-state index in [1.165, 1.54) is 6.07 Å². The third kappa shape index (κ3) is 2.31. The van der Waals surface area contributed by atoms with E-state index in [-0.39, 0.29) is 17.7 Å². The topological polar surface area (TPSA) is 69.1 Å². The van der Waals surface area contributed by atoms with Gasteiger partial charge in [-0.1, -0.05) is 11.8 Å². The van der Waals surface area contributed by atoms with Crippen LogP contribution in [0.4, 0.5) is 4.39 Å². The van der Waals surface area contributed by atoms with Crippen LogP contribution in [0.1, 0.15) is 15.9 Å². The van der Waals surface area contributed by atoms with Crippen molar-refractivity contribution in [3.05, 3.63) is 35.1 Å². The van der Waals surface area contributed by atoms with Gasteiger partial charge >= 0.3 is 0 Å². The summed E-state index contributed by atoms with van der Waals surface area (Å²) in [5.41, 5.74) is 10.7. The Morgan fingerprint density at radius 1 is 1.50 bits per heavy atom. The smallest absolute Gasteiger partial charge is 0.249 e. The van der Waals surface area contributed by atoms with Crippen LogP contribution in [0, 0.1) is 17.7 Å². The first-order valence-electron chi connectivity index (χ1n) is 3.93. The number of halogens is 1. The summed E-state index contributed by atoms with van der Waals surface area (Å²) in [6, 6.07) is 3.62. The average molecular weight is 192 g/mol. The summed E-state index contributed by atoms with van der Waals surface area (Å²) in [4.78, 5) is 10.9. The van der Waals surface area contributed by atoms with Crippen molar-refractivity contribution in [2.75, 3.05) is 6.54 Å². The van der Waals surface area contributed by atoms with Crippen LogP contribution < -0.4 is 11.5 Å². The first kappa shape index (κ1) is 10.2. The Morgan fingerprint density at radius 2 is 2.21 bits per heavy atom. The molecule has 0 unspecified atom stereocenters. The molecule has 0 aliphatic carbocycles. The molecule has 0 aliphatic rings. The van der Waals surface area contributed by atoms with Crippen molar-refractivity contribution < 1.29 is 9.18 Å². The highest BCUT2D eigenvalue weighted by molar-refractivity contribution is 5.95. The number of hydrogen-bond donors (Lipinski definition) is 2. The average Bonchev–Trinajstić information content (AvgIpc) is 2.14. The number of hydrogen-bond acceptors (Lipinski definition) is 2. The summed E-state index contributed by atoms with van der Waals surface area (Å²) in [6.45, 7) is 0.148. The molecule has 0 aliphatic heterocycles. The Bertz CT molecular complexity index is 418. The largest absolute Gasteiger partial charge is 0.366 e. The number of primary amides is 1. The molecule has 0 atom stereocenters. The number of nitrogens with two attached hydrogens (primary N) is 2. The molecule has 1 aromatic rings. The van der Waals surface area contributed by atoms with E-state index in [0.717, 1.165) is 12.1 Å². The van der Waals surface area contributed by atoms with Gasteiger partial charge in [0, 0.05) is 5.56 Å². The van der Waals surface area contributed by atoms with E-state index in [1.807, 2.05) is 0 Å². The second-order valence-corrected chi connectivity index (χ2v) is 2.56. The lowest BCUT2D eigenvalue weighted by atomic mass is 10.1. The van der Waals surface area contributed by atoms with E-state index in [0.29, 0.717) is 0 Å². The molecule has 72 valence electrons. The number of rotatable bonds is 1. The summed E-state index contributed by atoms with van der Waals surface area (Å²) in [7, 11) is 0. The Morgan fingerprint density at radius 3 is 2.79 bits per heavy atom. The molecule has 3 nitrogen and oxygen atoms in total. The zero-order valence-electron chi connectivity index (χ0n) is 7.38. The van der Waals surface area contributed by atoms with Gasteiger partial charge in [-0.2, -0.15) is 0 Å². The molecule has 0 radical (unpaired) electrons. The van der Waals surface area contributed by atoms with Gasteiger partial charge in [-0.3, -0.25) is 4.79 Å². The van der Waals surface area contributed by atoms with Gasteiger partial charge in [0.25, 0.3) is 0 Å². The van der Waals surface area contributed by atoms with Gasteiger partial charge in [0.15, 0.2) is 0 Å². The second-order valence-electron chi connectivity index (χ2n) is 2.56. The minimum absolute atomic E-state index is 0.148. The molecular weight excluding hydrogens is 183 g/mol. The molecule has 4 heteroatoms. The zero-order valence-corrected chi connectivity index (χ0v) is 7.38. The van der Waals surface area contributed by atoms with Crippen LogP contribution in [0.25, 0.3) is 0 Å². The number of amides is 1. The van der Waals surface area contributed by atoms with Crippen molar-refractivity contribution in [2.24, 2.45) is 11.5 Å². The fraction of sp³-hybridized carbons (Fsp3) is 0.100. The normalized spacial score (nSPS) is 9.00. The van der Waals surface area contributed by atoms with Crippen molar-refractivity contribution in [3.63, 3.8) is 0 Å². The Labute approximate surface area is 80.9 Å². The van der Waals surface area contributed by atoms with E-state index < -0.39 is 11.7 Å². The molecule has 0 saturated carbocycles. The highest BCUT2D eigenvalue weighted by Crippen LogP contribution is 2.09. The maximum Gasteiger partial charge on any atom is 0.249 e. The number of carbonyl (C=O) groups excluding carboxylic acids is 1. The molecular formula is C10H9FN2O. The van der Waals surface area contributed by atoms with Crippen molar-refractivity contribution in [2.45, 2.75) is 0 Å². The van der Waals surface area contributed by atoms with Gasteiger partial charge in [-0.25, -0.2) is 4.39 Å². The third-order valence-corrected chi connectivity index (χ3v) is 1.57. The highest BCUT2D eigenvalue weighted by atomic mass is 19.1. The van der Waals surface area contributed by atoms with Crippen molar-refractivity contribution in [3.8, 4) is 11.8 Å². The molecule has 0 bridgehead atoms. The fourth-order valence-corrected chi connectivity index (χ4v) is 0.981. The van der Waals surface area contributed by atoms with E-state index >= 15 is 0 Å². The summed E-state index contributed by atoms with van der Waals surface area (Å²) in [5, 5.41) is 0. The molecule has 14 heavy (non-hydrogen) atoms. The van der Waals surface area contributed by atoms with Crippen LogP contribution in [0.5, 0.6) is 0 Å². The van der Waals surface area contributed by atoms with Crippen molar-refractivity contribution in [1.82, 2.24) is 0 Å². The Kier molecular flexibility index (Phi) is 3.21. The van der Waals surface area contributed by atoms with Gasteiger partial charge in [-0.15, -0.1) is 0 Å². The molecule has 1 aromatic carbocycles. The van der Waals surface area contributed by atoms with E-state index in [4.69, 9.17) is 11.5 Å². The summed E-state index contributed by atoms with van der Waals surface area (Å²) in [5.74, 6) is 4.01. The number of benzene rings is 1. The molecule has 0 saturated heterocycles. The zero-order chi connectivity index (χ0) is 10.6. The van der Waals surface area contributed by atoms with Crippen LogP contribution in [0.15, 0.2) is 18.2 Å². The van der Waals surface area contributed by atoms with Crippen molar-refractivity contribution >= 4 is 5.91 Å². The molecule has 0 fully saturated rings. The molecule has 0 spiro atoms. The van der Waals surface area contributed by atoms with E-state index in [9.17, 15) is 9.18 Å². The van der Waals surface area contributed by atoms with Gasteiger partial charge in [0.05, 0.1) is 12.1 Å². The quantitative estimate of drug-likeness (QED) is 0.625. The fourth-order valence-electron chi connectivity index (χ4n) is 0.981. The third-order valence-electron chi connectivity index (χ3n) is 1.57. The van der Waals surface area contributed by atoms with Crippen LogP contribution >= 0.6 is 0 Å². The minimum Gasteiger partial charge on any atom is -0.366 e. The SMILES string of the molecule is NCC#Cc1cc(F)ccc1C(N)=O. The van der Waals surface area contributed by atoms with Crippen LogP contribution in [-0.4, -0.2) is 12.5 Å². The lowest BCUT2D eigenvalue weighted by Crippen LogP contribution is -2.13. The van der Waals surface area contributed by atoms with Crippen LogP contribution in [0.3, 0.4) is 0 Å². The van der Waals surface area contributed by atoms with Gasteiger partial charge < -0.3 is 11.5 Å². The van der Waals surface area contributed by atoms with Crippen molar-refractivity contribution in [1.29, 1.82) is 0 Å². The molecule has 0 aromatic heterocycles. The first-order chi connectivity index (χ1) is 6.65. The molecule has 4 N–H and O–H groups in total. The summed E-state index contributed by atoms with van der Waals surface area (Å²) >= 11 is 0. The molecule has 1 rings (SSSR count). The predicted molar refractivity (Wildman–Crippen MR) is 50.9 cm³/mol. The summed E-state index contributed by atoms with van der Waals surface area (Å²) in [6.07, 6.45) is 0. The lowest BCUT2D eigenvalue weighted by Gasteiger charge is -1.99. The first-order valence-corrected chi connectivity index (χ1v) is 3.93. The summed E-state index contributed by atoms with van der Waals surface area (Å²) < 4.78 is 12.8. The lowest BCUT2D eigenvalue weighted by molar-refractivity contribution is 0.1000. The number of carbonyl (C=O) groups is 1. The van der Waals surface area contributed by atoms with Gasteiger partial charge in [0.2, 0.25) is 5.91 Å². The van der Waals surface area contributed by atoms with Crippen LogP contribution in [-0.2, 0) is 0 Å². The Hall–Kier alpha value is -1.86. The monoisotopic (exact) mass is 192 g/mol. The van der Waals surface area contributed by atoms with E-state index in [2.05, 4.69) is 11.8 Å². The van der Waals surface area contributed by atoms with Crippen LogP contribution in [0.2, 0.25) is 0 Å². The minimum atomic E-state index is -0.633. The second kappa shape index (κ2) is 4.40. The predicted octanol–water partition coefficient (Wildman–Crippen LogP) is 0.235.